The Bertz CT molecular complexity index is 2470. The van der Waals surface area contributed by atoms with Crippen LogP contribution in [-0.4, -0.2) is 92.5 Å². The van der Waals surface area contributed by atoms with Gasteiger partial charge in [0.2, 0.25) is 11.8 Å². The quantitative estimate of drug-likeness (QED) is 0.168. The van der Waals surface area contributed by atoms with Crippen LogP contribution in [0.4, 0.5) is 52.1 Å². The van der Waals surface area contributed by atoms with E-state index >= 15 is 4.39 Å². The van der Waals surface area contributed by atoms with Crippen molar-refractivity contribution in [3.8, 4) is 0 Å². The van der Waals surface area contributed by atoms with Crippen LogP contribution in [0.1, 0.15) is 49.7 Å². The van der Waals surface area contributed by atoms with E-state index in [0.717, 1.165) is 68.5 Å². The number of nitrogens with zero attached hydrogens (tertiary/aromatic N) is 7. The summed E-state index contributed by atoms with van der Waals surface area (Å²) >= 11 is 6.22. The van der Waals surface area contributed by atoms with E-state index in [9.17, 15) is 22.8 Å². The van der Waals surface area contributed by atoms with Crippen LogP contribution in [0.2, 0.25) is 5.02 Å². The van der Waals surface area contributed by atoms with Crippen LogP contribution < -0.4 is 24.9 Å². The fourth-order valence-corrected chi connectivity index (χ4v) is 8.45. The highest BCUT2D eigenvalue weighted by Crippen LogP contribution is 2.41. The van der Waals surface area contributed by atoms with E-state index in [0.29, 0.717) is 99.6 Å². The lowest BCUT2D eigenvalue weighted by Gasteiger charge is -2.33. The molecule has 0 bridgehead atoms. The number of benzene rings is 2. The minimum atomic E-state index is -0.748. The summed E-state index contributed by atoms with van der Waals surface area (Å²) in [5.41, 5.74) is 3.48. The maximum Gasteiger partial charge on any atom is 0.228 e. The summed E-state index contributed by atoms with van der Waals surface area (Å²) in [6.45, 7) is 9.82. The molecule has 5 aromatic rings. The highest BCUT2D eigenvalue weighted by Gasteiger charge is 2.29. The van der Waals surface area contributed by atoms with Crippen LogP contribution in [-0.2, 0) is 19.1 Å². The average molecular weight is 849 g/mol. The molecule has 2 amide bonds. The second-order valence-corrected chi connectivity index (χ2v) is 15.6. The SMILES string of the molecule is Cc1c(N2CCCCC2=O)nc2cc(F)cc(F)c2c1Cl.Cc1c(N2CCCCC2=O)nc2cc(F)cc(F)c2c1Nc1cc(N2CCOCC2)cnc1N1CCOCC1. The molecule has 4 aliphatic rings. The molecule has 2 aromatic carbocycles. The Morgan fingerprint density at radius 3 is 1.72 bits per heavy atom. The van der Waals surface area contributed by atoms with Gasteiger partial charge in [-0.2, -0.15) is 0 Å². The zero-order valence-corrected chi connectivity index (χ0v) is 34.2. The van der Waals surface area contributed by atoms with Crippen molar-refractivity contribution >= 4 is 79.7 Å². The predicted octanol–water partition coefficient (Wildman–Crippen LogP) is 8.14. The molecule has 4 aliphatic heterocycles. The number of aromatic nitrogens is 3. The van der Waals surface area contributed by atoms with Crippen LogP contribution in [0.25, 0.3) is 21.8 Å². The molecule has 3 aromatic heterocycles. The van der Waals surface area contributed by atoms with Crippen molar-refractivity contribution in [3.05, 3.63) is 75.9 Å². The fraction of sp³-hybridized carbons (Fsp3) is 0.419. The Kier molecular flexibility index (Phi) is 12.2. The summed E-state index contributed by atoms with van der Waals surface area (Å²) in [5, 5.41) is 3.90. The summed E-state index contributed by atoms with van der Waals surface area (Å²) < 4.78 is 68.1. The Hall–Kier alpha value is -5.32. The number of rotatable bonds is 6. The van der Waals surface area contributed by atoms with Gasteiger partial charge in [0.1, 0.15) is 34.9 Å². The summed E-state index contributed by atoms with van der Waals surface area (Å²) in [7, 11) is 0. The van der Waals surface area contributed by atoms with Gasteiger partial charge in [-0.25, -0.2) is 32.5 Å². The van der Waals surface area contributed by atoms with Crippen molar-refractivity contribution in [1.82, 2.24) is 15.0 Å². The van der Waals surface area contributed by atoms with Gasteiger partial charge < -0.3 is 24.6 Å². The molecule has 60 heavy (non-hydrogen) atoms. The molecule has 0 saturated carbocycles. The molecule has 12 nitrogen and oxygen atoms in total. The number of morpholine rings is 2. The third kappa shape index (κ3) is 8.37. The van der Waals surface area contributed by atoms with E-state index in [-0.39, 0.29) is 38.6 Å². The van der Waals surface area contributed by atoms with E-state index in [1.54, 1.807) is 16.7 Å². The summed E-state index contributed by atoms with van der Waals surface area (Å²) in [6.07, 6.45) is 6.11. The number of amides is 2. The van der Waals surface area contributed by atoms with E-state index < -0.39 is 23.3 Å². The lowest BCUT2D eigenvalue weighted by molar-refractivity contribution is -0.120. The summed E-state index contributed by atoms with van der Waals surface area (Å²) in [4.78, 5) is 46.1. The number of ether oxygens (including phenoxy) is 2. The number of fused-ring (bicyclic) bond motifs is 2. The van der Waals surface area contributed by atoms with Crippen molar-refractivity contribution < 1.29 is 36.6 Å². The maximum atomic E-state index is 15.4. The molecule has 0 spiro atoms. The molecule has 316 valence electrons. The second-order valence-electron chi connectivity index (χ2n) is 15.3. The zero-order chi connectivity index (χ0) is 42.1. The van der Waals surface area contributed by atoms with Gasteiger partial charge in [0.25, 0.3) is 0 Å². The van der Waals surface area contributed by atoms with Gasteiger partial charge in [0, 0.05) is 87.5 Å². The lowest BCUT2D eigenvalue weighted by Crippen LogP contribution is -2.38. The normalized spacial score (nSPS) is 17.6. The van der Waals surface area contributed by atoms with Crippen molar-refractivity contribution in [2.24, 2.45) is 0 Å². The Balaban J connectivity index is 0.000000200. The van der Waals surface area contributed by atoms with Crippen molar-refractivity contribution in [3.63, 3.8) is 0 Å². The molecule has 9 rings (SSSR count). The predicted molar refractivity (Wildman–Crippen MR) is 224 cm³/mol. The second kappa shape index (κ2) is 17.7. The number of piperidine rings is 2. The molecule has 0 radical (unpaired) electrons. The topological polar surface area (TPSA) is 116 Å². The molecule has 4 saturated heterocycles. The fourth-order valence-electron chi connectivity index (χ4n) is 8.18. The number of anilines is 6. The minimum absolute atomic E-state index is 0.0378. The van der Waals surface area contributed by atoms with E-state index in [4.69, 9.17) is 26.1 Å². The van der Waals surface area contributed by atoms with Crippen LogP contribution in [0, 0.1) is 37.1 Å². The van der Waals surface area contributed by atoms with E-state index in [1.807, 2.05) is 19.2 Å². The first-order chi connectivity index (χ1) is 29.0. The first-order valence-electron chi connectivity index (χ1n) is 20.3. The molecule has 4 fully saturated rings. The molecule has 7 heterocycles. The largest absolute Gasteiger partial charge is 0.378 e. The third-order valence-electron chi connectivity index (χ3n) is 11.3. The van der Waals surface area contributed by atoms with Crippen LogP contribution in [0.3, 0.4) is 0 Å². The highest BCUT2D eigenvalue weighted by atomic mass is 35.5. The number of halogens is 5. The molecule has 0 atom stereocenters. The number of carbonyl (C=O) groups is 2. The zero-order valence-electron chi connectivity index (χ0n) is 33.4. The van der Waals surface area contributed by atoms with Gasteiger partial charge in [0.15, 0.2) is 5.82 Å². The summed E-state index contributed by atoms with van der Waals surface area (Å²) in [6, 6.07) is 6.00. The van der Waals surface area contributed by atoms with E-state index in [2.05, 4.69) is 25.1 Å². The van der Waals surface area contributed by atoms with E-state index in [1.165, 1.54) is 6.07 Å². The Morgan fingerprint density at radius 1 is 0.633 bits per heavy atom. The average Bonchev–Trinajstić information content (AvgIpc) is 3.24. The first kappa shape index (κ1) is 41.4. The molecule has 1 N–H and O–H groups in total. The lowest BCUT2D eigenvalue weighted by atomic mass is 10.0. The maximum absolute atomic E-state index is 15.4. The molecule has 17 heteroatoms. The molecule has 0 aliphatic carbocycles. The van der Waals surface area contributed by atoms with Gasteiger partial charge in [0.05, 0.1) is 76.5 Å². The van der Waals surface area contributed by atoms with Gasteiger partial charge in [-0.1, -0.05) is 11.6 Å². The number of pyridine rings is 3. The summed E-state index contributed by atoms with van der Waals surface area (Å²) in [5.74, 6) is -1.45. The number of nitrogens with one attached hydrogen (secondary N) is 1. The van der Waals surface area contributed by atoms with Crippen LogP contribution in [0.5, 0.6) is 0 Å². The Morgan fingerprint density at radius 2 is 1.15 bits per heavy atom. The molecule has 0 unspecified atom stereocenters. The molecular weight excluding hydrogens is 804 g/mol. The minimum Gasteiger partial charge on any atom is -0.378 e. The first-order valence-corrected chi connectivity index (χ1v) is 20.6. The van der Waals surface area contributed by atoms with Gasteiger partial charge >= 0.3 is 0 Å². The van der Waals surface area contributed by atoms with Crippen molar-refractivity contribution in [1.29, 1.82) is 0 Å². The smallest absolute Gasteiger partial charge is 0.228 e. The standard InChI is InChI=1S/C28H32F2N6O3.C15H13ClF2N2O/c1-18-26(25-21(30)14-19(29)15-22(25)33-27(18)36-5-3-2-4-24(36)37)32-23-16-20(34-6-10-38-11-7-34)17-31-28(23)35-8-12-39-13-9-35;1-8-14(16)13-10(18)6-9(17)7-11(13)19-15(8)20-5-3-2-4-12(20)21/h14-17H,2-13H2,1H3,(H,32,33);6-7H,2-5H2,1H3. The van der Waals surface area contributed by atoms with Gasteiger partial charge in [-0.05, 0) is 45.6 Å². The number of carbonyl (C=O) groups excluding carboxylic acids is 2. The third-order valence-corrected chi connectivity index (χ3v) is 11.8. The molecular formula is C43H45ClF4N8O4. The highest BCUT2D eigenvalue weighted by molar-refractivity contribution is 6.36. The number of hydrogen-bond donors (Lipinski definition) is 1. The van der Waals surface area contributed by atoms with Crippen LogP contribution >= 0.6 is 11.6 Å². The van der Waals surface area contributed by atoms with Gasteiger partial charge in [-0.3, -0.25) is 19.4 Å². The van der Waals surface area contributed by atoms with Crippen molar-refractivity contribution in [2.75, 3.05) is 90.6 Å². The van der Waals surface area contributed by atoms with Gasteiger partial charge in [-0.15, -0.1) is 0 Å². The Labute approximate surface area is 349 Å². The van der Waals surface area contributed by atoms with Crippen molar-refractivity contribution in [2.45, 2.75) is 52.4 Å². The monoisotopic (exact) mass is 848 g/mol. The van der Waals surface area contributed by atoms with Crippen LogP contribution in [0.15, 0.2) is 36.5 Å². The number of hydrogen-bond acceptors (Lipinski definition) is 10.